The highest BCUT2D eigenvalue weighted by atomic mass is 32.2. The first-order valence-electron chi connectivity index (χ1n) is 7.32. The highest BCUT2D eigenvalue weighted by Gasteiger charge is 2.32. The summed E-state index contributed by atoms with van der Waals surface area (Å²) >= 11 is 0. The Morgan fingerprint density at radius 1 is 1.36 bits per heavy atom. The molecule has 2 aliphatic rings. The van der Waals surface area contributed by atoms with Gasteiger partial charge in [0, 0.05) is 22.3 Å². The van der Waals surface area contributed by atoms with Crippen LogP contribution < -0.4 is 4.90 Å². The maximum Gasteiger partial charge on any atom is 0.414 e. The standard InChI is InChI=1S/C15H18FNO4S/c16-14-7-11(17-8-12(9-18)21-15(17)19)1-2-13(14)10-3-5-22(20)6-4-10/h1-2,7,10,12,18H,3-6,8-9H2. The summed E-state index contributed by atoms with van der Waals surface area (Å²) in [5.74, 6) is 0.961. The van der Waals surface area contributed by atoms with Gasteiger partial charge in [0.15, 0.2) is 0 Å². The second kappa shape index (κ2) is 6.34. The number of hydrogen-bond donors (Lipinski definition) is 1. The number of aliphatic hydroxyl groups is 1. The van der Waals surface area contributed by atoms with Gasteiger partial charge < -0.3 is 9.84 Å². The van der Waals surface area contributed by atoms with Crippen LogP contribution >= 0.6 is 0 Å². The third kappa shape index (κ3) is 3.01. The number of cyclic esters (lactones) is 1. The maximum absolute atomic E-state index is 14.4. The van der Waals surface area contributed by atoms with E-state index in [9.17, 15) is 13.4 Å². The molecule has 2 aliphatic heterocycles. The number of anilines is 1. The highest BCUT2D eigenvalue weighted by molar-refractivity contribution is 7.85. The van der Waals surface area contributed by atoms with Gasteiger partial charge in [-0.1, -0.05) is 6.07 Å². The van der Waals surface area contributed by atoms with Gasteiger partial charge in [0.25, 0.3) is 0 Å². The summed E-state index contributed by atoms with van der Waals surface area (Å²) in [6.45, 7) is -0.0292. The minimum absolute atomic E-state index is 0.0856. The van der Waals surface area contributed by atoms with E-state index in [1.54, 1.807) is 12.1 Å². The van der Waals surface area contributed by atoms with Crippen LogP contribution in [0.1, 0.15) is 24.3 Å². The second-order valence-corrected chi connectivity index (χ2v) is 7.32. The minimum atomic E-state index is -0.773. The van der Waals surface area contributed by atoms with Crippen molar-refractivity contribution in [2.75, 3.05) is 29.6 Å². The topological polar surface area (TPSA) is 66.8 Å². The molecule has 22 heavy (non-hydrogen) atoms. The van der Waals surface area contributed by atoms with Crippen molar-refractivity contribution in [1.82, 2.24) is 0 Å². The van der Waals surface area contributed by atoms with Crippen molar-refractivity contribution in [3.63, 3.8) is 0 Å². The molecule has 120 valence electrons. The van der Waals surface area contributed by atoms with Crippen LogP contribution in [0.3, 0.4) is 0 Å². The number of nitrogens with zero attached hydrogens (tertiary/aromatic N) is 1. The fourth-order valence-electron chi connectivity index (χ4n) is 2.95. The summed E-state index contributed by atoms with van der Waals surface area (Å²) in [5.41, 5.74) is 1.05. The second-order valence-electron chi connectivity index (χ2n) is 5.63. The summed E-state index contributed by atoms with van der Waals surface area (Å²) in [6, 6.07) is 4.73. The molecule has 1 aromatic rings. The molecule has 0 aliphatic carbocycles. The van der Waals surface area contributed by atoms with Crippen molar-refractivity contribution in [2.24, 2.45) is 0 Å². The fourth-order valence-corrected chi connectivity index (χ4v) is 4.25. The van der Waals surface area contributed by atoms with Crippen molar-refractivity contribution >= 4 is 22.6 Å². The lowest BCUT2D eigenvalue weighted by molar-refractivity contribution is 0.0963. The van der Waals surface area contributed by atoms with Gasteiger partial charge in [0.05, 0.1) is 18.8 Å². The number of ether oxygens (including phenoxy) is 1. The van der Waals surface area contributed by atoms with E-state index in [2.05, 4.69) is 0 Å². The van der Waals surface area contributed by atoms with Crippen molar-refractivity contribution < 1.29 is 23.2 Å². The number of amides is 1. The monoisotopic (exact) mass is 327 g/mol. The van der Waals surface area contributed by atoms with E-state index in [0.717, 1.165) is 12.8 Å². The van der Waals surface area contributed by atoms with Crippen LogP contribution in [0.15, 0.2) is 18.2 Å². The van der Waals surface area contributed by atoms with Crippen LogP contribution in [0.4, 0.5) is 14.9 Å². The van der Waals surface area contributed by atoms with Gasteiger partial charge in [0.2, 0.25) is 0 Å². The lowest BCUT2D eigenvalue weighted by Crippen LogP contribution is -2.25. The molecular weight excluding hydrogens is 309 g/mol. The molecule has 5 nitrogen and oxygen atoms in total. The number of carbonyl (C=O) groups excluding carboxylic acids is 1. The smallest absolute Gasteiger partial charge is 0.414 e. The number of hydrogen-bond acceptors (Lipinski definition) is 4. The van der Waals surface area contributed by atoms with E-state index < -0.39 is 23.0 Å². The highest BCUT2D eigenvalue weighted by Crippen LogP contribution is 2.32. The predicted octanol–water partition coefficient (Wildman–Crippen LogP) is 1.77. The van der Waals surface area contributed by atoms with Crippen LogP contribution in [0.2, 0.25) is 0 Å². The molecule has 7 heteroatoms. The molecule has 1 atom stereocenters. The van der Waals surface area contributed by atoms with Gasteiger partial charge >= 0.3 is 6.09 Å². The fraction of sp³-hybridized carbons (Fsp3) is 0.533. The summed E-state index contributed by atoms with van der Waals surface area (Å²) in [5, 5.41) is 9.04. The normalized spacial score (nSPS) is 28.7. The Balaban J connectivity index is 1.78. The zero-order chi connectivity index (χ0) is 15.7. The first-order chi connectivity index (χ1) is 10.6. The van der Waals surface area contributed by atoms with Crippen molar-refractivity contribution in [3.05, 3.63) is 29.6 Å². The Hall–Kier alpha value is -1.47. The van der Waals surface area contributed by atoms with Crippen molar-refractivity contribution in [1.29, 1.82) is 0 Å². The van der Waals surface area contributed by atoms with Crippen molar-refractivity contribution in [3.8, 4) is 0 Å². The molecule has 2 heterocycles. The Labute approximate surface area is 130 Å². The largest absolute Gasteiger partial charge is 0.441 e. The summed E-state index contributed by atoms with van der Waals surface area (Å²) in [4.78, 5) is 13.0. The average Bonchev–Trinajstić information content (AvgIpc) is 2.89. The Bertz CT molecular complexity index is 599. The first-order valence-corrected chi connectivity index (χ1v) is 8.80. The third-order valence-electron chi connectivity index (χ3n) is 4.20. The lowest BCUT2D eigenvalue weighted by atomic mass is 9.93. The molecule has 1 unspecified atom stereocenters. The Kier molecular flexibility index (Phi) is 4.44. The van der Waals surface area contributed by atoms with Gasteiger partial charge in [-0.25, -0.2) is 9.18 Å². The number of carbonyl (C=O) groups is 1. The molecular formula is C15H18FNO4S. The molecule has 0 aromatic heterocycles. The molecule has 2 fully saturated rings. The quantitative estimate of drug-likeness (QED) is 0.919. The van der Waals surface area contributed by atoms with Crippen molar-refractivity contribution in [2.45, 2.75) is 24.9 Å². The van der Waals surface area contributed by atoms with Crippen LogP contribution in [0, 0.1) is 5.82 Å². The van der Waals surface area contributed by atoms with E-state index in [0.29, 0.717) is 22.8 Å². The van der Waals surface area contributed by atoms with Gasteiger partial charge in [-0.05, 0) is 36.5 Å². The molecule has 3 rings (SSSR count). The summed E-state index contributed by atoms with van der Waals surface area (Å²) < 4.78 is 30.7. The predicted molar refractivity (Wildman–Crippen MR) is 81.0 cm³/mol. The maximum atomic E-state index is 14.4. The summed E-state index contributed by atoms with van der Waals surface area (Å²) in [6.07, 6.45) is 0.311. The molecule has 1 aromatic carbocycles. The zero-order valence-electron chi connectivity index (χ0n) is 12.0. The number of halogens is 1. The summed E-state index contributed by atoms with van der Waals surface area (Å²) in [7, 11) is -0.773. The first kappa shape index (κ1) is 15.4. The average molecular weight is 327 g/mol. The molecule has 0 spiro atoms. The molecule has 0 saturated carbocycles. The van der Waals surface area contributed by atoms with Gasteiger partial charge in [0.1, 0.15) is 11.9 Å². The van der Waals surface area contributed by atoms with Crippen LogP contribution in [0.5, 0.6) is 0 Å². The van der Waals surface area contributed by atoms with Crippen LogP contribution in [-0.4, -0.2) is 46.2 Å². The number of benzene rings is 1. The Morgan fingerprint density at radius 2 is 2.09 bits per heavy atom. The van der Waals surface area contributed by atoms with E-state index in [1.807, 2.05) is 0 Å². The van der Waals surface area contributed by atoms with Gasteiger partial charge in [-0.2, -0.15) is 0 Å². The molecule has 0 bridgehead atoms. The van der Waals surface area contributed by atoms with E-state index in [4.69, 9.17) is 9.84 Å². The molecule has 2 saturated heterocycles. The van der Waals surface area contributed by atoms with Gasteiger partial charge in [-0.15, -0.1) is 0 Å². The molecule has 1 N–H and O–H groups in total. The Morgan fingerprint density at radius 3 is 2.68 bits per heavy atom. The molecule has 0 radical (unpaired) electrons. The minimum Gasteiger partial charge on any atom is -0.441 e. The zero-order valence-corrected chi connectivity index (χ0v) is 12.9. The van der Waals surface area contributed by atoms with E-state index >= 15 is 0 Å². The number of aliphatic hydroxyl groups excluding tert-OH is 1. The van der Waals surface area contributed by atoms with Gasteiger partial charge in [-0.3, -0.25) is 9.11 Å². The van der Waals surface area contributed by atoms with Crippen LogP contribution in [0.25, 0.3) is 0 Å². The lowest BCUT2D eigenvalue weighted by Gasteiger charge is -2.23. The number of rotatable bonds is 3. The molecule has 1 amide bonds. The van der Waals surface area contributed by atoms with E-state index in [-0.39, 0.29) is 24.9 Å². The van der Waals surface area contributed by atoms with E-state index in [1.165, 1.54) is 11.0 Å². The third-order valence-corrected chi connectivity index (χ3v) is 5.58. The SMILES string of the molecule is O=C1OC(CO)CN1c1ccc(C2CCS(=O)CC2)c(F)c1. The van der Waals surface area contributed by atoms with Crippen LogP contribution in [-0.2, 0) is 15.5 Å².